The zero-order valence-corrected chi connectivity index (χ0v) is 11.8. The standard InChI is InChI=1S/C14H15ClN2S/c1-9-7-11(8-16-14(9)15)17-13(10-4-5-10)12-3-2-6-18-12/h2-3,6-8,10,13,17H,4-5H2,1H3. The highest BCUT2D eigenvalue weighted by molar-refractivity contribution is 7.10. The number of nitrogens with zero attached hydrogens (tertiary/aromatic N) is 1. The molecule has 2 aromatic heterocycles. The molecule has 0 saturated heterocycles. The van der Waals surface area contributed by atoms with E-state index in [0.29, 0.717) is 11.2 Å². The molecule has 1 aliphatic carbocycles. The average molecular weight is 279 g/mol. The molecule has 1 fully saturated rings. The molecule has 0 radical (unpaired) electrons. The van der Waals surface area contributed by atoms with Crippen LogP contribution < -0.4 is 5.32 Å². The van der Waals surface area contributed by atoms with Crippen LogP contribution in [-0.4, -0.2) is 4.98 Å². The van der Waals surface area contributed by atoms with Crippen LogP contribution in [0, 0.1) is 12.8 Å². The summed E-state index contributed by atoms with van der Waals surface area (Å²) >= 11 is 7.77. The van der Waals surface area contributed by atoms with Crippen molar-refractivity contribution in [3.63, 3.8) is 0 Å². The Balaban J connectivity index is 1.82. The first-order chi connectivity index (χ1) is 8.74. The zero-order chi connectivity index (χ0) is 12.5. The molecule has 0 amide bonds. The van der Waals surface area contributed by atoms with Gasteiger partial charge in [-0.05, 0) is 48.8 Å². The van der Waals surface area contributed by atoms with Crippen LogP contribution in [0.25, 0.3) is 0 Å². The van der Waals surface area contributed by atoms with Gasteiger partial charge in [0.05, 0.1) is 17.9 Å². The fourth-order valence-corrected chi connectivity index (χ4v) is 3.11. The van der Waals surface area contributed by atoms with E-state index in [4.69, 9.17) is 11.6 Å². The van der Waals surface area contributed by atoms with Gasteiger partial charge in [-0.2, -0.15) is 0 Å². The number of hydrogen-bond donors (Lipinski definition) is 1. The van der Waals surface area contributed by atoms with Crippen LogP contribution in [-0.2, 0) is 0 Å². The molecule has 0 bridgehead atoms. The lowest BCUT2D eigenvalue weighted by Gasteiger charge is -2.18. The van der Waals surface area contributed by atoms with Gasteiger partial charge in [0.25, 0.3) is 0 Å². The maximum atomic E-state index is 5.95. The summed E-state index contributed by atoms with van der Waals surface area (Å²) in [6.07, 6.45) is 4.45. The second kappa shape index (κ2) is 4.90. The molecule has 1 saturated carbocycles. The van der Waals surface area contributed by atoms with Gasteiger partial charge in [0.1, 0.15) is 5.15 Å². The summed E-state index contributed by atoms with van der Waals surface area (Å²) in [6, 6.07) is 6.81. The highest BCUT2D eigenvalue weighted by Crippen LogP contribution is 2.44. The first kappa shape index (κ1) is 12.0. The summed E-state index contributed by atoms with van der Waals surface area (Å²) in [7, 11) is 0. The molecule has 1 atom stereocenters. The monoisotopic (exact) mass is 278 g/mol. The Hall–Kier alpha value is -1.06. The number of thiophene rings is 1. The second-order valence-electron chi connectivity index (χ2n) is 4.81. The predicted octanol–water partition coefficient (Wildman–Crippen LogP) is 4.67. The van der Waals surface area contributed by atoms with Crippen LogP contribution >= 0.6 is 22.9 Å². The molecule has 2 heterocycles. The lowest BCUT2D eigenvalue weighted by atomic mass is 10.1. The number of pyridine rings is 1. The molecule has 2 aromatic rings. The summed E-state index contributed by atoms with van der Waals surface area (Å²) in [6.45, 7) is 1.98. The lowest BCUT2D eigenvalue weighted by Crippen LogP contribution is -2.11. The molecule has 0 spiro atoms. The number of nitrogens with one attached hydrogen (secondary N) is 1. The molecule has 0 aliphatic heterocycles. The Morgan fingerprint density at radius 1 is 1.50 bits per heavy atom. The Bertz CT molecular complexity index is 535. The maximum Gasteiger partial charge on any atom is 0.132 e. The SMILES string of the molecule is Cc1cc(NC(c2cccs2)C2CC2)cnc1Cl. The highest BCUT2D eigenvalue weighted by atomic mass is 35.5. The second-order valence-corrected chi connectivity index (χ2v) is 6.14. The minimum Gasteiger partial charge on any atom is -0.376 e. The van der Waals surface area contributed by atoms with E-state index in [1.165, 1.54) is 17.7 Å². The van der Waals surface area contributed by atoms with Crippen molar-refractivity contribution in [2.75, 3.05) is 5.32 Å². The van der Waals surface area contributed by atoms with Gasteiger partial charge in [0.2, 0.25) is 0 Å². The quantitative estimate of drug-likeness (QED) is 0.822. The molecule has 3 rings (SSSR count). The van der Waals surface area contributed by atoms with Gasteiger partial charge in [-0.15, -0.1) is 11.3 Å². The number of hydrogen-bond acceptors (Lipinski definition) is 3. The van der Waals surface area contributed by atoms with Crippen LogP contribution in [0.15, 0.2) is 29.8 Å². The number of anilines is 1. The first-order valence-electron chi connectivity index (χ1n) is 6.16. The van der Waals surface area contributed by atoms with Gasteiger partial charge in [-0.1, -0.05) is 17.7 Å². The Morgan fingerprint density at radius 2 is 2.33 bits per heavy atom. The van der Waals surface area contributed by atoms with Gasteiger partial charge >= 0.3 is 0 Å². The third-order valence-electron chi connectivity index (χ3n) is 3.28. The normalized spacial score (nSPS) is 16.6. The van der Waals surface area contributed by atoms with E-state index in [-0.39, 0.29) is 0 Å². The fraction of sp³-hybridized carbons (Fsp3) is 0.357. The van der Waals surface area contributed by atoms with E-state index in [1.54, 1.807) is 0 Å². The van der Waals surface area contributed by atoms with E-state index in [0.717, 1.165) is 17.2 Å². The van der Waals surface area contributed by atoms with Crippen LogP contribution in [0.4, 0.5) is 5.69 Å². The van der Waals surface area contributed by atoms with Crippen molar-refractivity contribution in [1.82, 2.24) is 4.98 Å². The molecule has 18 heavy (non-hydrogen) atoms. The topological polar surface area (TPSA) is 24.9 Å². The fourth-order valence-electron chi connectivity index (χ4n) is 2.14. The van der Waals surface area contributed by atoms with E-state index in [2.05, 4.69) is 33.9 Å². The molecule has 1 aliphatic rings. The Labute approximate surface area is 116 Å². The van der Waals surface area contributed by atoms with Crippen molar-refractivity contribution in [2.45, 2.75) is 25.8 Å². The van der Waals surface area contributed by atoms with Gasteiger partial charge in [-0.3, -0.25) is 0 Å². The Kier molecular flexibility index (Phi) is 3.27. The van der Waals surface area contributed by atoms with Gasteiger partial charge in [0.15, 0.2) is 0 Å². The third-order valence-corrected chi connectivity index (χ3v) is 4.63. The molecule has 2 nitrogen and oxygen atoms in total. The molecular weight excluding hydrogens is 264 g/mol. The maximum absolute atomic E-state index is 5.95. The van der Waals surface area contributed by atoms with Crippen molar-refractivity contribution in [3.05, 3.63) is 45.4 Å². The van der Waals surface area contributed by atoms with E-state index in [1.807, 2.05) is 24.5 Å². The molecule has 0 aromatic carbocycles. The molecule has 4 heteroatoms. The summed E-state index contributed by atoms with van der Waals surface area (Å²) in [4.78, 5) is 5.61. The zero-order valence-electron chi connectivity index (χ0n) is 10.2. The van der Waals surface area contributed by atoms with Crippen molar-refractivity contribution in [3.8, 4) is 0 Å². The lowest BCUT2D eigenvalue weighted by molar-refractivity contribution is 0.690. The van der Waals surface area contributed by atoms with Crippen LogP contribution in [0.3, 0.4) is 0 Å². The highest BCUT2D eigenvalue weighted by Gasteiger charge is 2.32. The first-order valence-corrected chi connectivity index (χ1v) is 7.42. The molecule has 1 N–H and O–H groups in total. The Morgan fingerprint density at radius 3 is 2.94 bits per heavy atom. The van der Waals surface area contributed by atoms with Crippen LogP contribution in [0.5, 0.6) is 0 Å². The van der Waals surface area contributed by atoms with E-state index >= 15 is 0 Å². The summed E-state index contributed by atoms with van der Waals surface area (Å²) in [5.74, 6) is 0.764. The summed E-state index contributed by atoms with van der Waals surface area (Å²) in [5.41, 5.74) is 2.07. The number of halogens is 1. The molecule has 94 valence electrons. The predicted molar refractivity (Wildman–Crippen MR) is 77.4 cm³/mol. The van der Waals surface area contributed by atoms with Gasteiger partial charge < -0.3 is 5.32 Å². The third kappa shape index (κ3) is 2.52. The largest absolute Gasteiger partial charge is 0.376 e. The number of aryl methyl sites for hydroxylation is 1. The smallest absolute Gasteiger partial charge is 0.132 e. The van der Waals surface area contributed by atoms with Gasteiger partial charge in [0, 0.05) is 4.88 Å². The average Bonchev–Trinajstić information content (AvgIpc) is 3.05. The molecular formula is C14H15ClN2S. The molecule has 1 unspecified atom stereocenters. The van der Waals surface area contributed by atoms with Crippen LogP contribution in [0.1, 0.15) is 29.3 Å². The van der Waals surface area contributed by atoms with Gasteiger partial charge in [-0.25, -0.2) is 4.98 Å². The van der Waals surface area contributed by atoms with E-state index < -0.39 is 0 Å². The summed E-state index contributed by atoms with van der Waals surface area (Å²) in [5, 5.41) is 6.32. The van der Waals surface area contributed by atoms with Crippen molar-refractivity contribution >= 4 is 28.6 Å². The minimum atomic E-state index is 0.423. The van der Waals surface area contributed by atoms with Crippen LogP contribution in [0.2, 0.25) is 5.15 Å². The van der Waals surface area contributed by atoms with E-state index in [9.17, 15) is 0 Å². The van der Waals surface area contributed by atoms with Crippen molar-refractivity contribution in [1.29, 1.82) is 0 Å². The van der Waals surface area contributed by atoms with Crippen molar-refractivity contribution in [2.24, 2.45) is 5.92 Å². The minimum absolute atomic E-state index is 0.423. The number of rotatable bonds is 4. The van der Waals surface area contributed by atoms with Crippen molar-refractivity contribution < 1.29 is 0 Å². The summed E-state index contributed by atoms with van der Waals surface area (Å²) < 4.78 is 0. The number of aromatic nitrogens is 1.